The summed E-state index contributed by atoms with van der Waals surface area (Å²) in [5, 5.41) is 18.6. The molecule has 1 heterocycles. The third-order valence-corrected chi connectivity index (χ3v) is 3.96. The molecule has 0 aliphatic carbocycles. The van der Waals surface area contributed by atoms with Crippen LogP contribution in [0.3, 0.4) is 0 Å². The number of para-hydroxylation sites is 1. The van der Waals surface area contributed by atoms with E-state index in [0.29, 0.717) is 13.0 Å². The maximum atomic E-state index is 10.2. The molecule has 0 unspecified atom stereocenters. The molecule has 2 aromatic carbocycles. The van der Waals surface area contributed by atoms with E-state index in [0.717, 1.165) is 23.5 Å². The lowest BCUT2D eigenvalue weighted by molar-refractivity contribution is 0.147. The highest BCUT2D eigenvalue weighted by atomic mass is 16.3. The number of hydrogen-bond donors (Lipinski definition) is 1. The van der Waals surface area contributed by atoms with Gasteiger partial charge in [0.25, 0.3) is 0 Å². The Kier molecular flexibility index (Phi) is 5.36. The van der Waals surface area contributed by atoms with Gasteiger partial charge in [-0.3, -0.25) is 0 Å². The topological polar surface area (TPSA) is 54.2 Å². The molecule has 1 aromatic heterocycles. The van der Waals surface area contributed by atoms with E-state index in [9.17, 15) is 5.11 Å². The Morgan fingerprint density at radius 2 is 1.71 bits per heavy atom. The van der Waals surface area contributed by atoms with Crippen LogP contribution in [0.2, 0.25) is 0 Å². The molecular weight excluding hydrogens is 300 g/mol. The molecule has 1 N–H and O–H groups in total. The molecule has 24 heavy (non-hydrogen) atoms. The van der Waals surface area contributed by atoms with Gasteiger partial charge in [-0.05, 0) is 31.2 Å². The lowest BCUT2D eigenvalue weighted by Gasteiger charge is -2.17. The summed E-state index contributed by atoms with van der Waals surface area (Å²) in [5.74, 6) is 0. The van der Waals surface area contributed by atoms with Gasteiger partial charge >= 0.3 is 0 Å². The number of hydrogen-bond acceptors (Lipinski definition) is 4. The molecule has 0 aliphatic heterocycles. The van der Waals surface area contributed by atoms with E-state index in [1.54, 1.807) is 4.68 Å². The largest absolute Gasteiger partial charge is 0.388 e. The Labute approximate surface area is 142 Å². The van der Waals surface area contributed by atoms with Crippen LogP contribution in [0.1, 0.15) is 23.8 Å². The fraction of sp³-hybridized carbons (Fsp3) is 0.263. The van der Waals surface area contributed by atoms with E-state index in [2.05, 4.69) is 15.2 Å². The number of aliphatic hydroxyl groups excluding tert-OH is 1. The van der Waals surface area contributed by atoms with Crippen molar-refractivity contribution < 1.29 is 5.11 Å². The minimum absolute atomic E-state index is 0.436. The van der Waals surface area contributed by atoms with Crippen molar-refractivity contribution in [2.24, 2.45) is 0 Å². The van der Waals surface area contributed by atoms with Crippen LogP contribution >= 0.6 is 0 Å². The van der Waals surface area contributed by atoms with Crippen molar-refractivity contribution in [3.05, 3.63) is 78.1 Å². The average molecular weight is 322 g/mol. The van der Waals surface area contributed by atoms with Crippen LogP contribution in [0, 0.1) is 0 Å². The monoisotopic (exact) mass is 322 g/mol. The zero-order chi connectivity index (χ0) is 16.8. The SMILES string of the molecule is CN(CC[C@@H](O)c1ccccc1)Cc1cn(-c2ccccc2)nn1. The first-order valence-corrected chi connectivity index (χ1v) is 8.10. The summed E-state index contributed by atoms with van der Waals surface area (Å²) in [6.07, 6.45) is 2.20. The maximum Gasteiger partial charge on any atom is 0.0971 e. The summed E-state index contributed by atoms with van der Waals surface area (Å²) in [4.78, 5) is 2.14. The maximum absolute atomic E-state index is 10.2. The molecule has 0 radical (unpaired) electrons. The minimum atomic E-state index is -0.436. The van der Waals surface area contributed by atoms with Crippen LogP contribution in [0.4, 0.5) is 0 Å². The molecule has 0 saturated heterocycles. The molecule has 1 atom stereocenters. The molecule has 3 aromatic rings. The van der Waals surface area contributed by atoms with Crippen molar-refractivity contribution >= 4 is 0 Å². The summed E-state index contributed by atoms with van der Waals surface area (Å²) in [6, 6.07) is 19.7. The Morgan fingerprint density at radius 3 is 2.42 bits per heavy atom. The van der Waals surface area contributed by atoms with Gasteiger partial charge in [0.2, 0.25) is 0 Å². The Bertz CT molecular complexity index is 742. The van der Waals surface area contributed by atoms with Gasteiger partial charge in [0, 0.05) is 13.1 Å². The van der Waals surface area contributed by atoms with E-state index in [1.807, 2.05) is 73.9 Å². The zero-order valence-electron chi connectivity index (χ0n) is 13.8. The number of nitrogens with zero attached hydrogens (tertiary/aromatic N) is 4. The van der Waals surface area contributed by atoms with Gasteiger partial charge in [0.1, 0.15) is 0 Å². The fourth-order valence-corrected chi connectivity index (χ4v) is 2.62. The van der Waals surface area contributed by atoms with E-state index in [4.69, 9.17) is 0 Å². The van der Waals surface area contributed by atoms with Gasteiger partial charge in [-0.1, -0.05) is 53.7 Å². The normalized spacial score (nSPS) is 12.5. The first kappa shape index (κ1) is 16.4. The standard InChI is InChI=1S/C19H22N4O/c1-22(13-12-19(24)16-8-4-2-5-9-16)14-17-15-23(21-20-17)18-10-6-3-7-11-18/h2-11,15,19,24H,12-14H2,1H3/t19-/m1/s1. The summed E-state index contributed by atoms with van der Waals surface area (Å²) in [5.41, 5.74) is 2.87. The van der Waals surface area contributed by atoms with E-state index in [-0.39, 0.29) is 0 Å². The Hall–Kier alpha value is -2.50. The van der Waals surface area contributed by atoms with Crippen LogP contribution in [-0.4, -0.2) is 38.6 Å². The first-order valence-electron chi connectivity index (χ1n) is 8.10. The third-order valence-electron chi connectivity index (χ3n) is 3.96. The smallest absolute Gasteiger partial charge is 0.0971 e. The third kappa shape index (κ3) is 4.28. The van der Waals surface area contributed by atoms with Gasteiger partial charge < -0.3 is 10.0 Å². The quantitative estimate of drug-likeness (QED) is 0.727. The summed E-state index contributed by atoms with van der Waals surface area (Å²) < 4.78 is 1.78. The predicted octanol–water partition coefficient (Wildman–Crippen LogP) is 2.82. The summed E-state index contributed by atoms with van der Waals surface area (Å²) in [7, 11) is 2.03. The fourth-order valence-electron chi connectivity index (χ4n) is 2.62. The van der Waals surface area contributed by atoms with Gasteiger partial charge in [0.05, 0.1) is 23.7 Å². The highest BCUT2D eigenvalue weighted by molar-refractivity contribution is 5.29. The van der Waals surface area contributed by atoms with Gasteiger partial charge in [-0.15, -0.1) is 5.10 Å². The lowest BCUT2D eigenvalue weighted by atomic mass is 10.1. The second-order valence-electron chi connectivity index (χ2n) is 5.94. The van der Waals surface area contributed by atoms with Gasteiger partial charge in [0.15, 0.2) is 0 Å². The van der Waals surface area contributed by atoms with Gasteiger partial charge in [-0.25, -0.2) is 4.68 Å². The molecular formula is C19H22N4O. The number of benzene rings is 2. The first-order chi connectivity index (χ1) is 11.7. The molecule has 5 heteroatoms. The summed E-state index contributed by atoms with van der Waals surface area (Å²) in [6.45, 7) is 1.49. The summed E-state index contributed by atoms with van der Waals surface area (Å²) >= 11 is 0. The van der Waals surface area contributed by atoms with Crippen LogP contribution in [-0.2, 0) is 6.54 Å². The van der Waals surface area contributed by atoms with Crippen molar-refractivity contribution in [1.82, 2.24) is 19.9 Å². The molecule has 0 bridgehead atoms. The second kappa shape index (κ2) is 7.86. The van der Waals surface area contributed by atoms with Crippen molar-refractivity contribution in [2.45, 2.75) is 19.1 Å². The zero-order valence-corrected chi connectivity index (χ0v) is 13.8. The average Bonchev–Trinajstić information content (AvgIpc) is 3.09. The Balaban J connectivity index is 1.52. The van der Waals surface area contributed by atoms with E-state index < -0.39 is 6.10 Å². The molecule has 0 saturated carbocycles. The van der Waals surface area contributed by atoms with Crippen molar-refractivity contribution in [1.29, 1.82) is 0 Å². The molecule has 5 nitrogen and oxygen atoms in total. The molecule has 0 fully saturated rings. The molecule has 0 amide bonds. The second-order valence-corrected chi connectivity index (χ2v) is 5.94. The van der Waals surface area contributed by atoms with E-state index in [1.165, 1.54) is 0 Å². The number of rotatable bonds is 7. The molecule has 3 rings (SSSR count). The highest BCUT2D eigenvalue weighted by Gasteiger charge is 2.10. The van der Waals surface area contributed by atoms with Crippen molar-refractivity contribution in [3.63, 3.8) is 0 Å². The number of aliphatic hydroxyl groups is 1. The lowest BCUT2D eigenvalue weighted by Crippen LogP contribution is -2.21. The molecule has 0 aliphatic rings. The highest BCUT2D eigenvalue weighted by Crippen LogP contribution is 2.16. The van der Waals surface area contributed by atoms with Crippen LogP contribution < -0.4 is 0 Å². The Morgan fingerprint density at radius 1 is 1.04 bits per heavy atom. The van der Waals surface area contributed by atoms with E-state index >= 15 is 0 Å². The predicted molar refractivity (Wildman–Crippen MR) is 93.7 cm³/mol. The number of aromatic nitrogens is 3. The minimum Gasteiger partial charge on any atom is -0.388 e. The van der Waals surface area contributed by atoms with Crippen LogP contribution in [0.15, 0.2) is 66.9 Å². The van der Waals surface area contributed by atoms with Crippen molar-refractivity contribution in [3.8, 4) is 5.69 Å². The van der Waals surface area contributed by atoms with Gasteiger partial charge in [-0.2, -0.15) is 0 Å². The van der Waals surface area contributed by atoms with Crippen LogP contribution in [0.5, 0.6) is 0 Å². The molecule has 0 spiro atoms. The molecule has 124 valence electrons. The van der Waals surface area contributed by atoms with Crippen LogP contribution in [0.25, 0.3) is 5.69 Å². The van der Waals surface area contributed by atoms with Crippen molar-refractivity contribution in [2.75, 3.05) is 13.6 Å².